The highest BCUT2D eigenvalue weighted by molar-refractivity contribution is 6.10. The minimum absolute atomic E-state index is 0.0395. The summed E-state index contributed by atoms with van der Waals surface area (Å²) in [7, 11) is 0. The van der Waals surface area contributed by atoms with Crippen LogP contribution in [0, 0.1) is 25.2 Å². The summed E-state index contributed by atoms with van der Waals surface area (Å²) in [5, 5.41) is 10.1. The topological polar surface area (TPSA) is 67.4 Å². The molecular weight excluding hydrogens is 496 g/mol. The first-order chi connectivity index (χ1) is 17.4. The molecule has 0 amide bonds. The molecule has 0 aliphatic rings. The molecule has 0 aliphatic heterocycles. The van der Waals surface area contributed by atoms with Gasteiger partial charge in [-0.2, -0.15) is 31.6 Å². The number of benzene rings is 3. The number of hydrogen-bond donors (Lipinski definition) is 0. The van der Waals surface area contributed by atoms with Gasteiger partial charge in [-0.1, -0.05) is 12.1 Å². The first-order valence-corrected chi connectivity index (χ1v) is 10.8. The minimum Gasteiger partial charge on any atom is -0.308 e. The van der Waals surface area contributed by atoms with Crippen LogP contribution in [-0.2, 0) is 12.4 Å². The molecule has 2 heterocycles. The van der Waals surface area contributed by atoms with Crippen molar-refractivity contribution in [2.75, 3.05) is 0 Å². The van der Waals surface area contributed by atoms with E-state index in [2.05, 4.69) is 15.0 Å². The molecule has 5 nitrogen and oxygen atoms in total. The summed E-state index contributed by atoms with van der Waals surface area (Å²) < 4.78 is 83.1. The third kappa shape index (κ3) is 4.24. The molecule has 0 spiro atoms. The van der Waals surface area contributed by atoms with Crippen molar-refractivity contribution in [3.05, 3.63) is 82.9 Å². The number of rotatable bonds is 2. The maximum atomic E-state index is 13.6. The van der Waals surface area contributed by atoms with Crippen LogP contribution in [-0.4, -0.2) is 19.5 Å². The van der Waals surface area contributed by atoms with E-state index in [1.165, 1.54) is 34.9 Å². The lowest BCUT2D eigenvalue weighted by Gasteiger charge is -2.15. The molecule has 0 saturated heterocycles. The van der Waals surface area contributed by atoms with Gasteiger partial charge in [-0.3, -0.25) is 0 Å². The summed E-state index contributed by atoms with van der Waals surface area (Å²) in [6.07, 6.45) is -9.36. The zero-order valence-electron chi connectivity index (χ0n) is 19.2. The van der Waals surface area contributed by atoms with Crippen molar-refractivity contribution in [1.29, 1.82) is 5.26 Å². The molecule has 0 unspecified atom stereocenters. The van der Waals surface area contributed by atoms with E-state index < -0.39 is 23.5 Å². The van der Waals surface area contributed by atoms with Crippen molar-refractivity contribution in [3.63, 3.8) is 0 Å². The van der Waals surface area contributed by atoms with Crippen LogP contribution in [0.2, 0.25) is 0 Å². The van der Waals surface area contributed by atoms with Crippen LogP contribution in [0.15, 0.2) is 54.6 Å². The number of nitriles is 1. The third-order valence-electron chi connectivity index (χ3n) is 5.89. The quantitative estimate of drug-likeness (QED) is 0.236. The number of aryl methyl sites for hydroxylation is 2. The van der Waals surface area contributed by atoms with Crippen LogP contribution < -0.4 is 0 Å². The van der Waals surface area contributed by atoms with Crippen molar-refractivity contribution in [1.82, 2.24) is 19.5 Å². The molecule has 3 aromatic carbocycles. The number of aromatic nitrogens is 4. The Bertz CT molecular complexity index is 1650. The van der Waals surface area contributed by atoms with Gasteiger partial charge < -0.3 is 4.57 Å². The van der Waals surface area contributed by atoms with E-state index in [4.69, 9.17) is 0 Å². The van der Waals surface area contributed by atoms with Crippen LogP contribution in [0.3, 0.4) is 0 Å². The Balaban J connectivity index is 1.95. The number of hydrogen-bond acceptors (Lipinski definition) is 4. The van der Waals surface area contributed by atoms with Gasteiger partial charge >= 0.3 is 12.4 Å². The van der Waals surface area contributed by atoms with Crippen LogP contribution in [0.1, 0.15) is 28.3 Å². The Morgan fingerprint density at radius 3 is 1.68 bits per heavy atom. The minimum atomic E-state index is -4.68. The SMILES string of the molecule is Cc1nc(C)nc(-c2cc(C#N)ccc2-n2c3cc(C(F)(F)F)ccc3c3ccc(C(F)(F)F)cc32)n1. The second-order valence-electron chi connectivity index (χ2n) is 8.39. The fourth-order valence-corrected chi connectivity index (χ4v) is 4.35. The Kier molecular flexibility index (Phi) is 5.44. The normalized spacial score (nSPS) is 12.3. The summed E-state index contributed by atoms with van der Waals surface area (Å²) in [6, 6.07) is 12.4. The molecule has 5 rings (SSSR count). The van der Waals surface area contributed by atoms with Gasteiger partial charge in [0.15, 0.2) is 5.82 Å². The van der Waals surface area contributed by atoms with Gasteiger partial charge in [0.05, 0.1) is 39.5 Å². The summed E-state index contributed by atoms with van der Waals surface area (Å²) >= 11 is 0. The molecule has 0 radical (unpaired) electrons. The molecule has 0 bridgehead atoms. The van der Waals surface area contributed by atoms with E-state index in [0.717, 1.165) is 24.3 Å². The zero-order chi connectivity index (χ0) is 26.7. The Labute approximate surface area is 205 Å². The number of alkyl halides is 6. The first-order valence-electron chi connectivity index (χ1n) is 10.8. The highest BCUT2D eigenvalue weighted by Gasteiger charge is 2.33. The van der Waals surface area contributed by atoms with Crippen molar-refractivity contribution in [2.24, 2.45) is 0 Å². The lowest BCUT2D eigenvalue weighted by atomic mass is 10.1. The predicted octanol–water partition coefficient (Wildman–Crippen LogP) is 7.16. The Morgan fingerprint density at radius 1 is 0.703 bits per heavy atom. The predicted molar refractivity (Wildman–Crippen MR) is 124 cm³/mol. The highest BCUT2D eigenvalue weighted by Crippen LogP contribution is 2.41. The molecule has 2 aromatic heterocycles. The average molecular weight is 511 g/mol. The Hall–Kier alpha value is -4.46. The van der Waals surface area contributed by atoms with E-state index in [1.807, 2.05) is 6.07 Å². The van der Waals surface area contributed by atoms with Crippen LogP contribution in [0.25, 0.3) is 38.9 Å². The summed E-state index contributed by atoms with van der Waals surface area (Å²) in [5.41, 5.74) is -1.16. The van der Waals surface area contributed by atoms with Crippen molar-refractivity contribution < 1.29 is 26.3 Å². The molecule has 11 heteroatoms. The van der Waals surface area contributed by atoms with Crippen molar-refractivity contribution in [3.8, 4) is 23.1 Å². The van der Waals surface area contributed by atoms with Gasteiger partial charge in [-0.05, 0) is 56.3 Å². The van der Waals surface area contributed by atoms with Gasteiger partial charge in [-0.15, -0.1) is 0 Å². The summed E-state index contributed by atoms with van der Waals surface area (Å²) in [6.45, 7) is 3.25. The highest BCUT2D eigenvalue weighted by atomic mass is 19.4. The van der Waals surface area contributed by atoms with Crippen molar-refractivity contribution >= 4 is 21.8 Å². The number of halogens is 6. The fourth-order valence-electron chi connectivity index (χ4n) is 4.35. The molecule has 186 valence electrons. The molecule has 0 aliphatic carbocycles. The van der Waals surface area contributed by atoms with Gasteiger partial charge in [-0.25, -0.2) is 15.0 Å². The fraction of sp³-hybridized carbons (Fsp3) is 0.154. The third-order valence-corrected chi connectivity index (χ3v) is 5.89. The molecule has 5 aromatic rings. The molecule has 0 saturated carbocycles. The van der Waals surface area contributed by atoms with Crippen LogP contribution >= 0.6 is 0 Å². The Morgan fingerprint density at radius 2 is 1.22 bits per heavy atom. The van der Waals surface area contributed by atoms with E-state index in [0.29, 0.717) is 22.4 Å². The van der Waals surface area contributed by atoms with Gasteiger partial charge in [0.2, 0.25) is 0 Å². The second-order valence-corrected chi connectivity index (χ2v) is 8.39. The van der Waals surface area contributed by atoms with Gasteiger partial charge in [0.25, 0.3) is 0 Å². The monoisotopic (exact) mass is 511 g/mol. The number of nitrogens with zero attached hydrogens (tertiary/aromatic N) is 5. The van der Waals surface area contributed by atoms with E-state index >= 15 is 0 Å². The van der Waals surface area contributed by atoms with Gasteiger partial charge in [0.1, 0.15) is 11.6 Å². The smallest absolute Gasteiger partial charge is 0.308 e. The summed E-state index contributed by atoms with van der Waals surface area (Å²) in [4.78, 5) is 12.8. The van der Waals surface area contributed by atoms with E-state index in [9.17, 15) is 31.6 Å². The lowest BCUT2D eigenvalue weighted by Crippen LogP contribution is -2.07. The van der Waals surface area contributed by atoms with Crippen LogP contribution in [0.5, 0.6) is 0 Å². The largest absolute Gasteiger partial charge is 0.416 e. The second kappa shape index (κ2) is 8.30. The van der Waals surface area contributed by atoms with E-state index in [-0.39, 0.29) is 33.7 Å². The molecule has 0 atom stereocenters. The zero-order valence-corrected chi connectivity index (χ0v) is 19.2. The number of fused-ring (bicyclic) bond motifs is 3. The maximum Gasteiger partial charge on any atom is 0.416 e. The average Bonchev–Trinajstić information content (AvgIpc) is 3.15. The maximum absolute atomic E-state index is 13.6. The standard InChI is InChI=1S/C26H15F6N5/c1-13-34-14(2)36-24(35-13)20-9-15(12-33)3-8-21(20)37-22-10-16(25(27,28)29)4-6-18(22)19-7-5-17(11-23(19)37)26(30,31)32/h3-11H,1-2H3. The summed E-state index contributed by atoms with van der Waals surface area (Å²) in [5.74, 6) is 0.847. The van der Waals surface area contributed by atoms with Crippen molar-refractivity contribution in [2.45, 2.75) is 26.2 Å². The van der Waals surface area contributed by atoms with Gasteiger partial charge in [0, 0.05) is 16.3 Å². The lowest BCUT2D eigenvalue weighted by molar-refractivity contribution is -0.138. The van der Waals surface area contributed by atoms with Crippen LogP contribution in [0.4, 0.5) is 26.3 Å². The molecule has 37 heavy (non-hydrogen) atoms. The molecule has 0 fully saturated rings. The molecule has 0 N–H and O–H groups in total. The first kappa shape index (κ1) is 24.2. The van der Waals surface area contributed by atoms with E-state index in [1.54, 1.807) is 13.8 Å². The molecular formula is C26H15F6N5.